The highest BCUT2D eigenvalue weighted by atomic mass is 16.3. The SMILES string of the molecule is C=C.CC.Cc1ccc([C@H](NCC(=O)C(=O)CCc2cccc3c2C(=O)CCC3)C(C)(C)C)o1. The first kappa shape index (κ1) is 29.2. The number of benzene rings is 1. The van der Waals surface area contributed by atoms with E-state index in [-0.39, 0.29) is 30.2 Å². The van der Waals surface area contributed by atoms with Crippen LogP contribution < -0.4 is 5.32 Å². The number of nitrogens with one attached hydrogen (secondary N) is 1. The summed E-state index contributed by atoms with van der Waals surface area (Å²) in [5.74, 6) is 0.864. The van der Waals surface area contributed by atoms with Crippen LogP contribution >= 0.6 is 0 Å². The van der Waals surface area contributed by atoms with Gasteiger partial charge in [0, 0.05) is 18.4 Å². The van der Waals surface area contributed by atoms with Crippen molar-refractivity contribution >= 4 is 17.3 Å². The average Bonchev–Trinajstić information content (AvgIpc) is 3.24. The second-order valence-corrected chi connectivity index (χ2v) is 9.20. The molecule has 5 nitrogen and oxygen atoms in total. The molecule has 0 saturated heterocycles. The maximum Gasteiger partial charge on any atom is 0.212 e. The Bertz CT molecular complexity index is 965. The molecular formula is C29H41NO4. The fourth-order valence-corrected chi connectivity index (χ4v) is 4.12. The molecule has 1 aliphatic rings. The lowest BCUT2D eigenvalue weighted by molar-refractivity contribution is -0.136. The van der Waals surface area contributed by atoms with Gasteiger partial charge in [0.25, 0.3) is 0 Å². The zero-order valence-corrected chi connectivity index (χ0v) is 21.8. The molecule has 0 aliphatic heterocycles. The number of fused-ring (bicyclic) bond motifs is 1. The lowest BCUT2D eigenvalue weighted by atomic mass is 9.85. The first-order valence-electron chi connectivity index (χ1n) is 12.2. The molecule has 0 bridgehead atoms. The summed E-state index contributed by atoms with van der Waals surface area (Å²) < 4.78 is 5.74. The van der Waals surface area contributed by atoms with Crippen LogP contribution in [0.15, 0.2) is 47.9 Å². The lowest BCUT2D eigenvalue weighted by Crippen LogP contribution is -2.37. The number of hydrogen-bond donors (Lipinski definition) is 1. The van der Waals surface area contributed by atoms with Crippen molar-refractivity contribution in [1.29, 1.82) is 0 Å². The average molecular weight is 468 g/mol. The van der Waals surface area contributed by atoms with E-state index in [0.717, 1.165) is 41.1 Å². The molecule has 0 radical (unpaired) electrons. The highest BCUT2D eigenvalue weighted by molar-refractivity contribution is 6.38. The number of carbonyl (C=O) groups is 3. The second kappa shape index (κ2) is 13.8. The molecule has 3 rings (SSSR count). The van der Waals surface area contributed by atoms with Gasteiger partial charge in [-0.3, -0.25) is 19.7 Å². The van der Waals surface area contributed by atoms with E-state index in [4.69, 9.17) is 4.42 Å². The second-order valence-electron chi connectivity index (χ2n) is 9.20. The van der Waals surface area contributed by atoms with Crippen molar-refractivity contribution in [3.05, 3.63) is 71.7 Å². The number of carbonyl (C=O) groups excluding carboxylic acids is 3. The van der Waals surface area contributed by atoms with Crippen LogP contribution in [-0.4, -0.2) is 23.9 Å². The van der Waals surface area contributed by atoms with Crippen molar-refractivity contribution in [2.24, 2.45) is 5.41 Å². The topological polar surface area (TPSA) is 76.4 Å². The van der Waals surface area contributed by atoms with Crippen LogP contribution in [0.2, 0.25) is 0 Å². The quantitative estimate of drug-likeness (QED) is 0.360. The Labute approximate surface area is 205 Å². The molecule has 1 N–H and O–H groups in total. The minimum Gasteiger partial charge on any atom is -0.465 e. The predicted molar refractivity (Wildman–Crippen MR) is 138 cm³/mol. The van der Waals surface area contributed by atoms with Gasteiger partial charge in [-0.2, -0.15) is 0 Å². The standard InChI is InChI=1S/C25H31NO4.C2H6.C2H4/c1-16-11-14-22(30-16)24(25(2,3)4)26-15-21(29)19(27)13-12-18-8-5-7-17-9-6-10-20(28)23(17)18;2*1-2/h5,7-8,11,14,24,26H,6,9-10,12-13,15H2,1-4H3;1-2H3;1-2H2/t24-;;/m0../s1. The Balaban J connectivity index is 0.00000137. The molecule has 1 aromatic heterocycles. The Morgan fingerprint density at radius 1 is 1.06 bits per heavy atom. The summed E-state index contributed by atoms with van der Waals surface area (Å²) in [6.07, 6.45) is 2.86. The van der Waals surface area contributed by atoms with Gasteiger partial charge in [0.2, 0.25) is 5.78 Å². The van der Waals surface area contributed by atoms with Crippen LogP contribution in [0.4, 0.5) is 0 Å². The maximum atomic E-state index is 12.5. The Morgan fingerprint density at radius 2 is 1.74 bits per heavy atom. The normalized spacial score (nSPS) is 13.5. The number of ketones is 3. The molecule has 0 saturated carbocycles. The predicted octanol–water partition coefficient (Wildman–Crippen LogP) is 6.38. The third kappa shape index (κ3) is 7.91. The zero-order chi connectivity index (χ0) is 25.9. The smallest absolute Gasteiger partial charge is 0.212 e. The summed E-state index contributed by atoms with van der Waals surface area (Å²) in [5, 5.41) is 3.21. The largest absolute Gasteiger partial charge is 0.465 e. The lowest BCUT2D eigenvalue weighted by Gasteiger charge is -2.29. The van der Waals surface area contributed by atoms with Gasteiger partial charge >= 0.3 is 0 Å². The number of rotatable bonds is 8. The third-order valence-electron chi connectivity index (χ3n) is 5.68. The van der Waals surface area contributed by atoms with Gasteiger partial charge in [0.05, 0.1) is 12.6 Å². The fourth-order valence-electron chi connectivity index (χ4n) is 4.12. The van der Waals surface area contributed by atoms with Crippen LogP contribution in [0.3, 0.4) is 0 Å². The first-order chi connectivity index (χ1) is 16.2. The van der Waals surface area contributed by atoms with Crippen molar-refractivity contribution in [2.45, 2.75) is 79.7 Å². The number of hydrogen-bond acceptors (Lipinski definition) is 5. The molecule has 1 aromatic carbocycles. The summed E-state index contributed by atoms with van der Waals surface area (Å²) in [6.45, 7) is 18.0. The monoisotopic (exact) mass is 467 g/mol. The van der Waals surface area contributed by atoms with Crippen LogP contribution in [0.5, 0.6) is 0 Å². The van der Waals surface area contributed by atoms with Crippen LogP contribution in [0.1, 0.15) is 92.9 Å². The molecule has 5 heteroatoms. The van der Waals surface area contributed by atoms with Gasteiger partial charge in [-0.25, -0.2) is 0 Å². The Morgan fingerprint density at radius 3 is 2.32 bits per heavy atom. The molecule has 2 aromatic rings. The highest BCUT2D eigenvalue weighted by Crippen LogP contribution is 2.33. The van der Waals surface area contributed by atoms with Crippen molar-refractivity contribution in [2.75, 3.05) is 6.54 Å². The number of furan rings is 1. The first-order valence-corrected chi connectivity index (χ1v) is 12.2. The number of aryl methyl sites for hydroxylation is 3. The zero-order valence-electron chi connectivity index (χ0n) is 21.8. The van der Waals surface area contributed by atoms with E-state index < -0.39 is 11.6 Å². The van der Waals surface area contributed by atoms with Crippen LogP contribution in [-0.2, 0) is 22.4 Å². The molecule has 0 fully saturated rings. The van der Waals surface area contributed by atoms with Crippen molar-refractivity contribution in [3.63, 3.8) is 0 Å². The van der Waals surface area contributed by atoms with E-state index in [1.807, 2.05) is 51.1 Å². The molecule has 186 valence electrons. The molecule has 1 atom stereocenters. The molecular weight excluding hydrogens is 426 g/mol. The molecule has 1 heterocycles. The van der Waals surface area contributed by atoms with Crippen LogP contribution in [0.25, 0.3) is 0 Å². The van der Waals surface area contributed by atoms with E-state index in [9.17, 15) is 14.4 Å². The highest BCUT2D eigenvalue weighted by Gasteiger charge is 2.30. The maximum absolute atomic E-state index is 12.5. The molecule has 0 amide bonds. The van der Waals surface area contributed by atoms with Gasteiger partial charge in [0.15, 0.2) is 11.6 Å². The summed E-state index contributed by atoms with van der Waals surface area (Å²) in [4.78, 5) is 37.3. The number of Topliss-reactive ketones (excluding diaryl/α,β-unsaturated/α-hetero) is 3. The summed E-state index contributed by atoms with van der Waals surface area (Å²) >= 11 is 0. The van der Waals surface area contributed by atoms with Gasteiger partial charge in [-0.1, -0.05) is 52.8 Å². The summed E-state index contributed by atoms with van der Waals surface area (Å²) in [6, 6.07) is 9.43. The molecule has 0 unspecified atom stereocenters. The van der Waals surface area contributed by atoms with E-state index in [1.54, 1.807) is 0 Å². The molecule has 0 spiro atoms. The fraction of sp³-hybridized carbons (Fsp3) is 0.483. The van der Waals surface area contributed by atoms with Gasteiger partial charge in [0.1, 0.15) is 11.5 Å². The molecule has 1 aliphatic carbocycles. The van der Waals surface area contributed by atoms with Crippen LogP contribution in [0, 0.1) is 12.3 Å². The van der Waals surface area contributed by atoms with E-state index in [2.05, 4.69) is 39.2 Å². The van der Waals surface area contributed by atoms with Crippen molar-refractivity contribution < 1.29 is 18.8 Å². The van der Waals surface area contributed by atoms with E-state index >= 15 is 0 Å². The van der Waals surface area contributed by atoms with E-state index in [1.165, 1.54) is 0 Å². The van der Waals surface area contributed by atoms with Gasteiger partial charge in [-0.15, -0.1) is 13.2 Å². The Hall–Kier alpha value is -2.79. The molecule has 34 heavy (non-hydrogen) atoms. The van der Waals surface area contributed by atoms with Gasteiger partial charge < -0.3 is 4.42 Å². The van der Waals surface area contributed by atoms with Crippen molar-refractivity contribution in [1.82, 2.24) is 5.32 Å². The van der Waals surface area contributed by atoms with Gasteiger partial charge in [-0.05, 0) is 54.9 Å². The van der Waals surface area contributed by atoms with E-state index in [0.29, 0.717) is 12.8 Å². The summed E-state index contributed by atoms with van der Waals surface area (Å²) in [5.41, 5.74) is 2.52. The summed E-state index contributed by atoms with van der Waals surface area (Å²) in [7, 11) is 0. The van der Waals surface area contributed by atoms with Crippen molar-refractivity contribution in [3.8, 4) is 0 Å². The minimum atomic E-state index is -0.441. The minimum absolute atomic E-state index is 0.0354. The Kier molecular flexibility index (Phi) is 11.9. The third-order valence-corrected chi connectivity index (χ3v) is 5.68.